The molecule has 2 N–H and O–H groups in total. The summed E-state index contributed by atoms with van der Waals surface area (Å²) in [5.74, 6) is 1.30. The highest BCUT2D eigenvalue weighted by molar-refractivity contribution is 5.55. The van der Waals surface area contributed by atoms with Crippen molar-refractivity contribution in [3.63, 3.8) is 0 Å². The predicted octanol–water partition coefficient (Wildman–Crippen LogP) is 1.27. The summed E-state index contributed by atoms with van der Waals surface area (Å²) in [5, 5.41) is 12.2. The Bertz CT molecular complexity index is 377. The molecule has 1 aliphatic rings. The number of benzene rings is 1. The second kappa shape index (κ2) is 6.47. The molecule has 1 atom stereocenters. The van der Waals surface area contributed by atoms with Gasteiger partial charge in [0.15, 0.2) is 11.5 Å². The van der Waals surface area contributed by atoms with Gasteiger partial charge in [-0.2, -0.15) is 0 Å². The molecule has 1 aromatic rings. The zero-order valence-electron chi connectivity index (χ0n) is 10.5. The lowest BCUT2D eigenvalue weighted by Gasteiger charge is -2.15. The van der Waals surface area contributed by atoms with Crippen molar-refractivity contribution in [2.45, 2.75) is 12.5 Å². The summed E-state index contributed by atoms with van der Waals surface area (Å²) < 4.78 is 16.0. The average Bonchev–Trinajstić information content (AvgIpc) is 2.89. The zero-order valence-corrected chi connectivity index (χ0v) is 10.5. The van der Waals surface area contributed by atoms with Crippen molar-refractivity contribution >= 4 is 5.69 Å². The van der Waals surface area contributed by atoms with Gasteiger partial charge < -0.3 is 24.6 Å². The van der Waals surface area contributed by atoms with Crippen LogP contribution >= 0.6 is 0 Å². The fraction of sp³-hybridized carbons (Fsp3) is 0.538. The summed E-state index contributed by atoms with van der Waals surface area (Å²) >= 11 is 0. The molecule has 5 heteroatoms. The Labute approximate surface area is 107 Å². The maximum absolute atomic E-state index is 8.79. The molecule has 0 spiro atoms. The van der Waals surface area contributed by atoms with Crippen molar-refractivity contribution in [3.05, 3.63) is 18.2 Å². The van der Waals surface area contributed by atoms with E-state index >= 15 is 0 Å². The summed E-state index contributed by atoms with van der Waals surface area (Å²) in [5.41, 5.74) is 0.972. The summed E-state index contributed by atoms with van der Waals surface area (Å²) in [4.78, 5) is 0. The van der Waals surface area contributed by atoms with Gasteiger partial charge in [-0.3, -0.25) is 0 Å². The molecule has 18 heavy (non-hydrogen) atoms. The molecule has 1 fully saturated rings. The first-order chi connectivity index (χ1) is 8.83. The number of hydrogen-bond acceptors (Lipinski definition) is 5. The fourth-order valence-electron chi connectivity index (χ4n) is 1.92. The number of aliphatic hydroxyl groups is 1. The van der Waals surface area contributed by atoms with E-state index in [-0.39, 0.29) is 13.2 Å². The summed E-state index contributed by atoms with van der Waals surface area (Å²) in [6.45, 7) is 1.78. The highest BCUT2D eigenvalue weighted by Crippen LogP contribution is 2.30. The molecule has 0 amide bonds. The molecule has 2 rings (SSSR count). The van der Waals surface area contributed by atoms with Crippen molar-refractivity contribution in [1.82, 2.24) is 0 Å². The van der Waals surface area contributed by atoms with Gasteiger partial charge in [0.1, 0.15) is 6.61 Å². The number of ether oxygens (including phenoxy) is 3. The van der Waals surface area contributed by atoms with Crippen LogP contribution in [0.3, 0.4) is 0 Å². The summed E-state index contributed by atoms with van der Waals surface area (Å²) in [6, 6.07) is 6.03. The quantitative estimate of drug-likeness (QED) is 0.799. The van der Waals surface area contributed by atoms with E-state index < -0.39 is 0 Å². The molecule has 1 saturated heterocycles. The SMILES string of the molecule is COc1ccc(NC2CCOC2)cc1OCCO. The van der Waals surface area contributed by atoms with Crippen LogP contribution in [0.2, 0.25) is 0 Å². The van der Waals surface area contributed by atoms with Crippen molar-refractivity contribution in [2.24, 2.45) is 0 Å². The van der Waals surface area contributed by atoms with Crippen molar-refractivity contribution in [3.8, 4) is 11.5 Å². The first kappa shape index (κ1) is 13.0. The monoisotopic (exact) mass is 253 g/mol. The third kappa shape index (κ3) is 3.27. The normalized spacial score (nSPS) is 18.7. The van der Waals surface area contributed by atoms with Crippen LogP contribution in [-0.2, 0) is 4.74 Å². The van der Waals surface area contributed by atoms with E-state index in [1.165, 1.54) is 0 Å². The van der Waals surface area contributed by atoms with Gasteiger partial charge in [0, 0.05) is 18.4 Å². The van der Waals surface area contributed by atoms with Gasteiger partial charge >= 0.3 is 0 Å². The zero-order chi connectivity index (χ0) is 12.8. The minimum atomic E-state index is -0.0166. The Hall–Kier alpha value is -1.46. The van der Waals surface area contributed by atoms with Crippen LogP contribution in [0.4, 0.5) is 5.69 Å². The van der Waals surface area contributed by atoms with Crippen molar-refractivity contribution in [2.75, 3.05) is 38.9 Å². The molecule has 1 heterocycles. The van der Waals surface area contributed by atoms with E-state index in [2.05, 4.69) is 5.32 Å². The van der Waals surface area contributed by atoms with Gasteiger partial charge in [-0.1, -0.05) is 0 Å². The molecular formula is C13H19NO4. The number of hydrogen-bond donors (Lipinski definition) is 2. The summed E-state index contributed by atoms with van der Waals surface area (Å²) in [6.07, 6.45) is 1.01. The number of anilines is 1. The largest absolute Gasteiger partial charge is 0.493 e. The van der Waals surface area contributed by atoms with Crippen LogP contribution in [0.1, 0.15) is 6.42 Å². The van der Waals surface area contributed by atoms with Gasteiger partial charge in [-0.05, 0) is 18.6 Å². The Morgan fingerprint density at radius 1 is 1.44 bits per heavy atom. The molecule has 5 nitrogen and oxygen atoms in total. The second-order valence-corrected chi connectivity index (χ2v) is 4.14. The minimum Gasteiger partial charge on any atom is -0.493 e. The Kier molecular flexibility index (Phi) is 4.66. The second-order valence-electron chi connectivity index (χ2n) is 4.14. The number of nitrogens with one attached hydrogen (secondary N) is 1. The van der Waals surface area contributed by atoms with E-state index in [1.807, 2.05) is 18.2 Å². The molecule has 1 aliphatic heterocycles. The Balaban J connectivity index is 2.05. The van der Waals surface area contributed by atoms with Crippen molar-refractivity contribution < 1.29 is 19.3 Å². The Morgan fingerprint density at radius 2 is 2.33 bits per heavy atom. The first-order valence-corrected chi connectivity index (χ1v) is 6.09. The van der Waals surface area contributed by atoms with Gasteiger partial charge in [0.05, 0.1) is 26.4 Å². The van der Waals surface area contributed by atoms with Gasteiger partial charge in [0.2, 0.25) is 0 Å². The molecule has 1 aromatic carbocycles. The lowest BCUT2D eigenvalue weighted by Crippen LogP contribution is -2.18. The number of rotatable bonds is 6. The van der Waals surface area contributed by atoms with Crippen LogP contribution in [0.5, 0.6) is 11.5 Å². The fourth-order valence-corrected chi connectivity index (χ4v) is 1.92. The molecule has 0 radical (unpaired) electrons. The predicted molar refractivity (Wildman–Crippen MR) is 68.4 cm³/mol. The lowest BCUT2D eigenvalue weighted by atomic mass is 10.2. The maximum atomic E-state index is 8.79. The number of methoxy groups -OCH3 is 1. The molecule has 1 unspecified atom stereocenters. The van der Waals surface area contributed by atoms with Crippen LogP contribution in [0, 0.1) is 0 Å². The van der Waals surface area contributed by atoms with Crippen LogP contribution < -0.4 is 14.8 Å². The topological polar surface area (TPSA) is 60.0 Å². The van der Waals surface area contributed by atoms with E-state index in [9.17, 15) is 0 Å². The van der Waals surface area contributed by atoms with Gasteiger partial charge in [0.25, 0.3) is 0 Å². The Morgan fingerprint density at radius 3 is 3.00 bits per heavy atom. The van der Waals surface area contributed by atoms with Gasteiger partial charge in [-0.15, -0.1) is 0 Å². The third-order valence-corrected chi connectivity index (χ3v) is 2.81. The number of aliphatic hydroxyl groups excluding tert-OH is 1. The van der Waals surface area contributed by atoms with E-state index in [4.69, 9.17) is 19.3 Å². The van der Waals surface area contributed by atoms with Crippen LogP contribution in [0.25, 0.3) is 0 Å². The van der Waals surface area contributed by atoms with E-state index in [1.54, 1.807) is 7.11 Å². The van der Waals surface area contributed by atoms with Crippen molar-refractivity contribution in [1.29, 1.82) is 0 Å². The highest BCUT2D eigenvalue weighted by Gasteiger charge is 2.15. The first-order valence-electron chi connectivity index (χ1n) is 6.09. The van der Waals surface area contributed by atoms with Crippen LogP contribution in [0.15, 0.2) is 18.2 Å². The standard InChI is InChI=1S/C13H19NO4/c1-16-12-3-2-10(8-13(12)18-7-5-15)14-11-4-6-17-9-11/h2-3,8,11,14-15H,4-7,9H2,1H3. The third-order valence-electron chi connectivity index (χ3n) is 2.81. The molecule has 0 aliphatic carbocycles. The molecule has 0 bridgehead atoms. The average molecular weight is 253 g/mol. The molecule has 0 saturated carbocycles. The highest BCUT2D eigenvalue weighted by atomic mass is 16.5. The molecule has 0 aromatic heterocycles. The van der Waals surface area contributed by atoms with Crippen LogP contribution in [-0.4, -0.2) is 44.7 Å². The molecular weight excluding hydrogens is 234 g/mol. The van der Waals surface area contributed by atoms with Gasteiger partial charge in [-0.25, -0.2) is 0 Å². The van der Waals surface area contributed by atoms with E-state index in [0.717, 1.165) is 25.3 Å². The summed E-state index contributed by atoms with van der Waals surface area (Å²) in [7, 11) is 1.60. The molecule has 100 valence electrons. The maximum Gasteiger partial charge on any atom is 0.163 e. The minimum absolute atomic E-state index is 0.0166. The van der Waals surface area contributed by atoms with E-state index in [0.29, 0.717) is 17.5 Å². The lowest BCUT2D eigenvalue weighted by molar-refractivity contribution is 0.195. The smallest absolute Gasteiger partial charge is 0.163 e.